The number of halogens is 1. The van der Waals surface area contributed by atoms with Gasteiger partial charge in [0, 0.05) is 24.5 Å². The number of nitrogens with zero attached hydrogens (tertiary/aromatic N) is 1. The highest BCUT2D eigenvalue weighted by Gasteiger charge is 2.35. The van der Waals surface area contributed by atoms with Gasteiger partial charge in [-0.3, -0.25) is 0 Å². The third kappa shape index (κ3) is 2.38. The van der Waals surface area contributed by atoms with E-state index in [1.807, 2.05) is 6.07 Å². The first-order valence-corrected chi connectivity index (χ1v) is 6.39. The first-order chi connectivity index (χ1) is 8.08. The summed E-state index contributed by atoms with van der Waals surface area (Å²) in [4.78, 5) is 2.26. The fourth-order valence-corrected chi connectivity index (χ4v) is 2.76. The molecule has 1 heterocycles. The van der Waals surface area contributed by atoms with Gasteiger partial charge in [0.2, 0.25) is 0 Å². The summed E-state index contributed by atoms with van der Waals surface area (Å²) in [7, 11) is 0. The maximum Gasteiger partial charge on any atom is 0.127 e. The molecule has 0 aromatic heterocycles. The zero-order chi connectivity index (χ0) is 12.5. The molecule has 2 nitrogen and oxygen atoms in total. The van der Waals surface area contributed by atoms with Crippen LogP contribution in [-0.4, -0.2) is 13.1 Å². The summed E-state index contributed by atoms with van der Waals surface area (Å²) in [6, 6.07) is 4.81. The average Bonchev–Trinajstić information content (AvgIpc) is 2.73. The average molecular weight is 236 g/mol. The zero-order valence-electron chi connectivity index (χ0n) is 10.7. The van der Waals surface area contributed by atoms with Crippen LogP contribution < -0.4 is 10.6 Å². The van der Waals surface area contributed by atoms with Crippen LogP contribution in [0.1, 0.15) is 33.1 Å². The van der Waals surface area contributed by atoms with E-state index in [4.69, 9.17) is 5.73 Å². The van der Waals surface area contributed by atoms with Crippen molar-refractivity contribution in [3.05, 3.63) is 24.0 Å². The molecule has 1 saturated heterocycles. The quantitative estimate of drug-likeness (QED) is 0.815. The van der Waals surface area contributed by atoms with Crippen LogP contribution in [0.2, 0.25) is 0 Å². The smallest absolute Gasteiger partial charge is 0.127 e. The highest BCUT2D eigenvalue weighted by molar-refractivity contribution is 5.57. The van der Waals surface area contributed by atoms with Crippen LogP contribution in [-0.2, 0) is 0 Å². The summed E-state index contributed by atoms with van der Waals surface area (Å²) in [5.41, 5.74) is 7.52. The molecule has 1 fully saturated rings. The van der Waals surface area contributed by atoms with E-state index in [0.717, 1.165) is 18.8 Å². The topological polar surface area (TPSA) is 29.3 Å². The third-order valence-electron chi connectivity index (χ3n) is 4.21. The predicted octanol–water partition coefficient (Wildman–Crippen LogP) is 3.42. The summed E-state index contributed by atoms with van der Waals surface area (Å²) in [5.74, 6) is -0.245. The molecule has 1 aliphatic rings. The normalized spacial score (nSPS) is 18.6. The molecule has 3 heteroatoms. The SMILES string of the molecule is CCC1(CC)CCN(c2cc(N)cc(F)c2)C1. The van der Waals surface area contributed by atoms with Gasteiger partial charge >= 0.3 is 0 Å². The molecule has 2 rings (SSSR count). The van der Waals surface area contributed by atoms with Crippen LogP contribution in [0.3, 0.4) is 0 Å². The lowest BCUT2D eigenvalue weighted by Crippen LogP contribution is -2.26. The Bertz CT molecular complexity index is 379. The van der Waals surface area contributed by atoms with E-state index in [9.17, 15) is 4.39 Å². The van der Waals surface area contributed by atoms with E-state index >= 15 is 0 Å². The molecule has 0 spiro atoms. The number of nitrogens with two attached hydrogens (primary N) is 1. The van der Waals surface area contributed by atoms with Crippen molar-refractivity contribution in [3.63, 3.8) is 0 Å². The van der Waals surface area contributed by atoms with E-state index in [1.165, 1.54) is 25.3 Å². The second kappa shape index (κ2) is 4.55. The second-order valence-corrected chi connectivity index (χ2v) is 5.12. The van der Waals surface area contributed by atoms with Crippen LogP contribution in [0.25, 0.3) is 0 Å². The summed E-state index contributed by atoms with van der Waals surface area (Å²) >= 11 is 0. The van der Waals surface area contributed by atoms with Gasteiger partial charge in [0.05, 0.1) is 0 Å². The van der Waals surface area contributed by atoms with Crippen molar-refractivity contribution in [1.29, 1.82) is 0 Å². The van der Waals surface area contributed by atoms with Gasteiger partial charge in [-0.05, 0) is 42.9 Å². The Kier molecular flexibility index (Phi) is 3.27. The number of hydrogen-bond acceptors (Lipinski definition) is 2. The summed E-state index contributed by atoms with van der Waals surface area (Å²) < 4.78 is 13.3. The van der Waals surface area contributed by atoms with Gasteiger partial charge in [-0.1, -0.05) is 13.8 Å². The maximum atomic E-state index is 13.3. The summed E-state index contributed by atoms with van der Waals surface area (Å²) in [6.45, 7) is 6.51. The minimum atomic E-state index is -0.245. The Balaban J connectivity index is 2.20. The molecule has 17 heavy (non-hydrogen) atoms. The first-order valence-electron chi connectivity index (χ1n) is 6.39. The number of anilines is 2. The fraction of sp³-hybridized carbons (Fsp3) is 0.571. The lowest BCUT2D eigenvalue weighted by Gasteiger charge is -2.27. The minimum Gasteiger partial charge on any atom is -0.399 e. The van der Waals surface area contributed by atoms with Crippen molar-refractivity contribution >= 4 is 11.4 Å². The maximum absolute atomic E-state index is 13.3. The minimum absolute atomic E-state index is 0.245. The van der Waals surface area contributed by atoms with Gasteiger partial charge in [0.1, 0.15) is 5.82 Å². The number of rotatable bonds is 3. The van der Waals surface area contributed by atoms with Gasteiger partial charge in [-0.2, -0.15) is 0 Å². The number of hydrogen-bond donors (Lipinski definition) is 1. The van der Waals surface area contributed by atoms with Crippen molar-refractivity contribution in [2.45, 2.75) is 33.1 Å². The second-order valence-electron chi connectivity index (χ2n) is 5.12. The summed E-state index contributed by atoms with van der Waals surface area (Å²) in [5, 5.41) is 0. The van der Waals surface area contributed by atoms with Crippen molar-refractivity contribution < 1.29 is 4.39 Å². The van der Waals surface area contributed by atoms with Crippen molar-refractivity contribution in [2.24, 2.45) is 5.41 Å². The molecule has 2 N–H and O–H groups in total. The lowest BCUT2D eigenvalue weighted by molar-refractivity contribution is 0.301. The van der Waals surface area contributed by atoms with Crippen LogP contribution in [0.4, 0.5) is 15.8 Å². The summed E-state index contributed by atoms with van der Waals surface area (Å²) in [6.07, 6.45) is 3.56. The van der Waals surface area contributed by atoms with Gasteiger partial charge in [-0.25, -0.2) is 4.39 Å². The van der Waals surface area contributed by atoms with Gasteiger partial charge in [-0.15, -0.1) is 0 Å². The highest BCUT2D eigenvalue weighted by atomic mass is 19.1. The fourth-order valence-electron chi connectivity index (χ4n) is 2.76. The third-order valence-corrected chi connectivity index (χ3v) is 4.21. The number of benzene rings is 1. The van der Waals surface area contributed by atoms with E-state index in [-0.39, 0.29) is 5.82 Å². The Labute approximate surface area is 103 Å². The lowest BCUT2D eigenvalue weighted by atomic mass is 9.82. The van der Waals surface area contributed by atoms with Crippen molar-refractivity contribution in [3.8, 4) is 0 Å². The monoisotopic (exact) mass is 236 g/mol. The van der Waals surface area contributed by atoms with Crippen LogP contribution in [0, 0.1) is 11.2 Å². The Morgan fingerprint density at radius 3 is 2.53 bits per heavy atom. The van der Waals surface area contributed by atoms with Gasteiger partial charge in [0.25, 0.3) is 0 Å². The molecule has 0 atom stereocenters. The molecular formula is C14H21FN2. The highest BCUT2D eigenvalue weighted by Crippen LogP contribution is 2.39. The molecule has 0 unspecified atom stereocenters. The largest absolute Gasteiger partial charge is 0.399 e. The molecule has 0 radical (unpaired) electrons. The van der Waals surface area contributed by atoms with Gasteiger partial charge in [0.15, 0.2) is 0 Å². The molecule has 1 aromatic carbocycles. The van der Waals surface area contributed by atoms with Crippen molar-refractivity contribution in [1.82, 2.24) is 0 Å². The molecule has 0 amide bonds. The van der Waals surface area contributed by atoms with Crippen LogP contribution in [0.15, 0.2) is 18.2 Å². The zero-order valence-corrected chi connectivity index (χ0v) is 10.7. The standard InChI is InChI=1S/C14H21FN2/c1-3-14(4-2)5-6-17(10-14)13-8-11(15)7-12(16)9-13/h7-9H,3-6,10,16H2,1-2H3. The van der Waals surface area contributed by atoms with E-state index in [0.29, 0.717) is 11.1 Å². The molecule has 0 aliphatic carbocycles. The molecule has 0 bridgehead atoms. The molecule has 94 valence electrons. The van der Waals surface area contributed by atoms with Crippen LogP contribution >= 0.6 is 0 Å². The van der Waals surface area contributed by atoms with Gasteiger partial charge < -0.3 is 10.6 Å². The van der Waals surface area contributed by atoms with Crippen LogP contribution in [0.5, 0.6) is 0 Å². The number of nitrogen functional groups attached to an aromatic ring is 1. The molecule has 0 saturated carbocycles. The molecule has 1 aliphatic heterocycles. The van der Waals surface area contributed by atoms with E-state index in [2.05, 4.69) is 18.7 Å². The van der Waals surface area contributed by atoms with E-state index < -0.39 is 0 Å². The first kappa shape index (κ1) is 12.2. The van der Waals surface area contributed by atoms with E-state index in [1.54, 1.807) is 6.07 Å². The van der Waals surface area contributed by atoms with Crippen molar-refractivity contribution in [2.75, 3.05) is 23.7 Å². The Morgan fingerprint density at radius 2 is 2.00 bits per heavy atom. The Morgan fingerprint density at radius 1 is 1.29 bits per heavy atom. The Hall–Kier alpha value is -1.25. The molecular weight excluding hydrogens is 215 g/mol. The molecule has 1 aromatic rings. The predicted molar refractivity (Wildman–Crippen MR) is 70.7 cm³/mol.